The largest absolute Gasteiger partial charge is 0.456 e. The molecule has 0 aliphatic rings. The third kappa shape index (κ3) is 6.34. The third-order valence-corrected chi connectivity index (χ3v) is 6.15. The van der Waals surface area contributed by atoms with E-state index in [1.807, 2.05) is 37.3 Å². The Hall–Kier alpha value is -3.95. The van der Waals surface area contributed by atoms with Gasteiger partial charge in [0, 0.05) is 28.1 Å². The van der Waals surface area contributed by atoms with Crippen molar-refractivity contribution in [2.45, 2.75) is 11.8 Å². The van der Waals surface area contributed by atoms with Crippen molar-refractivity contribution in [2.75, 3.05) is 5.75 Å². The van der Waals surface area contributed by atoms with Crippen LogP contribution in [-0.4, -0.2) is 27.8 Å². The van der Waals surface area contributed by atoms with Gasteiger partial charge in [-0.1, -0.05) is 29.8 Å². The second-order valence-electron chi connectivity index (χ2n) is 7.40. The van der Waals surface area contributed by atoms with E-state index < -0.39 is 4.92 Å². The van der Waals surface area contributed by atoms with Gasteiger partial charge in [-0.15, -0.1) is 11.8 Å². The van der Waals surface area contributed by atoms with Crippen LogP contribution in [0, 0.1) is 17.0 Å². The van der Waals surface area contributed by atoms with Crippen LogP contribution in [0.1, 0.15) is 11.3 Å². The zero-order valence-corrected chi connectivity index (χ0v) is 20.0. The summed E-state index contributed by atoms with van der Waals surface area (Å²) in [5.74, 6) is 0.796. The average Bonchev–Trinajstić information content (AvgIpc) is 2.84. The summed E-state index contributed by atoms with van der Waals surface area (Å²) in [5, 5.41) is 16.0. The molecule has 0 aliphatic carbocycles. The highest BCUT2D eigenvalue weighted by atomic mass is 35.5. The van der Waals surface area contributed by atoms with E-state index in [1.54, 1.807) is 24.3 Å². The van der Waals surface area contributed by atoms with Crippen LogP contribution in [0.4, 0.5) is 5.69 Å². The first-order valence-electron chi connectivity index (χ1n) is 10.4. The molecule has 1 amide bonds. The number of aryl methyl sites for hydroxylation is 1. The van der Waals surface area contributed by atoms with Crippen LogP contribution in [-0.2, 0) is 4.79 Å². The highest BCUT2D eigenvalue weighted by molar-refractivity contribution is 8.00. The Morgan fingerprint density at radius 3 is 2.69 bits per heavy atom. The number of halogens is 1. The zero-order valence-electron chi connectivity index (χ0n) is 18.5. The lowest BCUT2D eigenvalue weighted by atomic mass is 10.2. The number of carbonyl (C=O) groups excluding carboxylic acids is 1. The van der Waals surface area contributed by atoms with Crippen molar-refractivity contribution >= 4 is 52.1 Å². The predicted octanol–water partition coefficient (Wildman–Crippen LogP) is 6.14. The topological polar surface area (TPSA) is 107 Å². The first kappa shape index (κ1) is 24.2. The number of thioether (sulfide) groups is 1. The van der Waals surface area contributed by atoms with Crippen molar-refractivity contribution in [1.29, 1.82) is 0 Å². The van der Waals surface area contributed by atoms with E-state index in [9.17, 15) is 14.9 Å². The first-order valence-corrected chi connectivity index (χ1v) is 11.8. The number of benzene rings is 3. The molecule has 0 saturated carbocycles. The van der Waals surface area contributed by atoms with E-state index in [-0.39, 0.29) is 22.4 Å². The molecule has 8 nitrogen and oxygen atoms in total. The summed E-state index contributed by atoms with van der Waals surface area (Å²) in [6, 6.07) is 20.7. The van der Waals surface area contributed by atoms with E-state index in [0.29, 0.717) is 11.5 Å². The molecule has 35 heavy (non-hydrogen) atoms. The van der Waals surface area contributed by atoms with Gasteiger partial charge in [0.15, 0.2) is 0 Å². The van der Waals surface area contributed by atoms with Crippen LogP contribution in [0.3, 0.4) is 0 Å². The molecule has 0 saturated heterocycles. The number of carbonyl (C=O) groups is 1. The second kappa shape index (κ2) is 11.0. The van der Waals surface area contributed by atoms with E-state index in [2.05, 4.69) is 15.5 Å². The van der Waals surface area contributed by atoms with E-state index in [0.717, 1.165) is 27.1 Å². The van der Waals surface area contributed by atoms with Crippen molar-refractivity contribution in [3.8, 4) is 11.5 Å². The highest BCUT2D eigenvalue weighted by Gasteiger charge is 2.11. The predicted molar refractivity (Wildman–Crippen MR) is 138 cm³/mol. The molecule has 0 fully saturated rings. The Morgan fingerprint density at radius 2 is 1.94 bits per heavy atom. The normalized spacial score (nSPS) is 11.0. The smallest absolute Gasteiger partial charge is 0.271 e. The lowest BCUT2D eigenvalue weighted by Crippen LogP contribution is -2.19. The number of para-hydroxylation sites is 1. The third-order valence-electron chi connectivity index (χ3n) is 4.80. The van der Waals surface area contributed by atoms with Gasteiger partial charge in [-0.2, -0.15) is 5.10 Å². The Bertz CT molecular complexity index is 1430. The van der Waals surface area contributed by atoms with Crippen LogP contribution < -0.4 is 10.2 Å². The Morgan fingerprint density at radius 1 is 1.17 bits per heavy atom. The van der Waals surface area contributed by atoms with Crippen LogP contribution >= 0.6 is 23.4 Å². The van der Waals surface area contributed by atoms with Crippen molar-refractivity contribution < 1.29 is 14.5 Å². The number of fused-ring (bicyclic) bond motifs is 1. The molecule has 4 aromatic rings. The van der Waals surface area contributed by atoms with Crippen LogP contribution in [0.25, 0.3) is 10.9 Å². The fourth-order valence-corrected chi connectivity index (χ4v) is 4.32. The summed E-state index contributed by atoms with van der Waals surface area (Å²) in [4.78, 5) is 28.0. The Kier molecular flexibility index (Phi) is 7.59. The summed E-state index contributed by atoms with van der Waals surface area (Å²) < 4.78 is 5.68. The number of hydrazone groups is 1. The lowest BCUT2D eigenvalue weighted by molar-refractivity contribution is -0.384. The maximum absolute atomic E-state index is 12.2. The second-order valence-corrected chi connectivity index (χ2v) is 8.83. The number of pyridine rings is 1. The number of nitro groups is 1. The average molecular weight is 507 g/mol. The van der Waals surface area contributed by atoms with Crippen molar-refractivity contribution in [3.63, 3.8) is 0 Å². The molecule has 0 atom stereocenters. The standard InChI is InChI=1S/C25H19ClN4O4S/c1-16-12-24(20-4-2-3-5-22(20)28-16)35-15-25(31)29-27-14-17-6-9-19(10-7-17)34-23-11-8-18(30(32)33)13-21(23)26/h2-14H,15H2,1H3,(H,29,31). The van der Waals surface area contributed by atoms with Gasteiger partial charge in [-0.05, 0) is 55.0 Å². The molecule has 1 aromatic heterocycles. The summed E-state index contributed by atoms with van der Waals surface area (Å²) in [7, 11) is 0. The summed E-state index contributed by atoms with van der Waals surface area (Å²) >= 11 is 7.49. The first-order chi connectivity index (χ1) is 16.9. The molecule has 0 bridgehead atoms. The van der Waals surface area contributed by atoms with Gasteiger partial charge in [-0.25, -0.2) is 5.43 Å². The minimum atomic E-state index is -0.524. The number of rotatable bonds is 8. The van der Waals surface area contributed by atoms with Gasteiger partial charge in [0.1, 0.15) is 11.5 Å². The molecule has 1 N–H and O–H groups in total. The number of ether oxygens (including phenoxy) is 1. The maximum Gasteiger partial charge on any atom is 0.271 e. The summed E-state index contributed by atoms with van der Waals surface area (Å²) in [6.45, 7) is 1.93. The van der Waals surface area contributed by atoms with Gasteiger partial charge >= 0.3 is 0 Å². The van der Waals surface area contributed by atoms with Crippen molar-refractivity contribution in [3.05, 3.63) is 99.2 Å². The van der Waals surface area contributed by atoms with Crippen molar-refractivity contribution in [1.82, 2.24) is 10.4 Å². The Labute approximate surface area is 210 Å². The zero-order chi connectivity index (χ0) is 24.8. The van der Waals surface area contributed by atoms with Gasteiger partial charge in [-0.3, -0.25) is 19.9 Å². The quantitative estimate of drug-likeness (QED) is 0.133. The van der Waals surface area contributed by atoms with E-state index in [4.69, 9.17) is 16.3 Å². The summed E-state index contributed by atoms with van der Waals surface area (Å²) in [6.07, 6.45) is 1.52. The molecule has 10 heteroatoms. The SMILES string of the molecule is Cc1cc(SCC(=O)NN=Cc2ccc(Oc3ccc([N+](=O)[O-])cc3Cl)cc2)c2ccccc2n1. The molecule has 176 valence electrons. The monoisotopic (exact) mass is 506 g/mol. The lowest BCUT2D eigenvalue weighted by Gasteiger charge is -2.07. The fraction of sp³-hybridized carbons (Fsp3) is 0.0800. The minimum absolute atomic E-state index is 0.112. The minimum Gasteiger partial charge on any atom is -0.456 e. The molecule has 3 aromatic carbocycles. The number of amides is 1. The number of hydrogen-bond acceptors (Lipinski definition) is 7. The number of nitrogens with one attached hydrogen (secondary N) is 1. The number of nitro benzene ring substituents is 1. The molecule has 0 radical (unpaired) electrons. The number of nitrogens with zero attached hydrogens (tertiary/aromatic N) is 3. The van der Waals surface area contributed by atoms with Gasteiger partial charge < -0.3 is 4.74 Å². The molecular formula is C25H19ClN4O4S. The highest BCUT2D eigenvalue weighted by Crippen LogP contribution is 2.32. The molecule has 0 unspecified atom stereocenters. The van der Waals surface area contributed by atoms with Crippen LogP contribution in [0.2, 0.25) is 5.02 Å². The molecule has 1 heterocycles. The summed E-state index contributed by atoms with van der Waals surface area (Å²) in [5.41, 5.74) is 4.96. The Balaban J connectivity index is 1.30. The number of aromatic nitrogens is 1. The van der Waals surface area contributed by atoms with Gasteiger partial charge in [0.25, 0.3) is 5.69 Å². The number of hydrogen-bond donors (Lipinski definition) is 1. The number of non-ortho nitro benzene ring substituents is 1. The molecule has 0 spiro atoms. The van der Waals surface area contributed by atoms with E-state index in [1.165, 1.54) is 36.2 Å². The van der Waals surface area contributed by atoms with Crippen LogP contribution in [0.15, 0.2) is 82.8 Å². The van der Waals surface area contributed by atoms with Gasteiger partial charge in [0.05, 0.1) is 27.4 Å². The molecular weight excluding hydrogens is 488 g/mol. The van der Waals surface area contributed by atoms with Crippen molar-refractivity contribution in [2.24, 2.45) is 5.10 Å². The maximum atomic E-state index is 12.2. The molecule has 4 rings (SSSR count). The van der Waals surface area contributed by atoms with Gasteiger partial charge in [0.2, 0.25) is 5.91 Å². The molecule has 0 aliphatic heterocycles. The van der Waals surface area contributed by atoms with E-state index >= 15 is 0 Å². The fourth-order valence-electron chi connectivity index (χ4n) is 3.18. The van der Waals surface area contributed by atoms with Crippen LogP contribution in [0.5, 0.6) is 11.5 Å².